The number of nitrogens with one attached hydrogen (secondary N) is 1. The zero-order chi connectivity index (χ0) is 12.7. The highest BCUT2D eigenvalue weighted by Crippen LogP contribution is 2.30. The van der Waals surface area contributed by atoms with Gasteiger partial charge in [0.25, 0.3) is 0 Å². The summed E-state index contributed by atoms with van der Waals surface area (Å²) in [4.78, 5) is 0. The summed E-state index contributed by atoms with van der Waals surface area (Å²) in [6.07, 6.45) is 6.60. The molecular formula is C14H24BrNO. The van der Waals surface area contributed by atoms with Gasteiger partial charge in [0.2, 0.25) is 0 Å². The van der Waals surface area contributed by atoms with E-state index >= 15 is 0 Å². The molecule has 0 spiro atoms. The Morgan fingerprint density at radius 1 is 1.29 bits per heavy atom. The minimum Gasteiger partial charge on any atom is -0.457 e. The minimum atomic E-state index is 0.410. The average Bonchev–Trinajstić information content (AvgIpc) is 2.76. The van der Waals surface area contributed by atoms with Gasteiger partial charge in [-0.3, -0.25) is 0 Å². The third-order valence-corrected chi connectivity index (χ3v) is 4.03. The molecule has 1 rings (SSSR count). The fourth-order valence-electron chi connectivity index (χ4n) is 2.15. The van der Waals surface area contributed by atoms with Crippen LogP contribution in [-0.4, -0.2) is 6.54 Å². The van der Waals surface area contributed by atoms with Crippen LogP contribution in [0.25, 0.3) is 0 Å². The molecule has 1 N–H and O–H groups in total. The van der Waals surface area contributed by atoms with E-state index in [0.717, 1.165) is 23.6 Å². The molecule has 0 amide bonds. The largest absolute Gasteiger partial charge is 0.457 e. The van der Waals surface area contributed by atoms with Crippen LogP contribution >= 0.6 is 15.9 Å². The van der Waals surface area contributed by atoms with Crippen LogP contribution in [0.1, 0.15) is 58.1 Å². The van der Waals surface area contributed by atoms with E-state index in [0.29, 0.717) is 6.04 Å². The molecule has 0 aliphatic carbocycles. The highest BCUT2D eigenvalue weighted by molar-refractivity contribution is 9.10. The molecule has 0 saturated carbocycles. The number of hydrogen-bond donors (Lipinski definition) is 1. The smallest absolute Gasteiger partial charge is 0.173 e. The monoisotopic (exact) mass is 301 g/mol. The highest BCUT2D eigenvalue weighted by atomic mass is 79.9. The van der Waals surface area contributed by atoms with Crippen LogP contribution in [0.3, 0.4) is 0 Å². The molecule has 3 heteroatoms. The Balaban J connectivity index is 2.70. The first-order valence-corrected chi connectivity index (χ1v) is 7.48. The van der Waals surface area contributed by atoms with Crippen LogP contribution in [0.5, 0.6) is 0 Å². The van der Waals surface area contributed by atoms with Gasteiger partial charge in [-0.2, -0.15) is 0 Å². The summed E-state index contributed by atoms with van der Waals surface area (Å²) in [5.74, 6) is 0.783. The third-order valence-electron chi connectivity index (χ3n) is 3.39. The van der Waals surface area contributed by atoms with Crippen LogP contribution in [0.2, 0.25) is 0 Å². The quantitative estimate of drug-likeness (QED) is 0.738. The van der Waals surface area contributed by atoms with E-state index in [1.807, 2.05) is 0 Å². The van der Waals surface area contributed by atoms with Gasteiger partial charge in [-0.25, -0.2) is 0 Å². The number of rotatable bonds is 8. The molecule has 1 atom stereocenters. The lowest BCUT2D eigenvalue weighted by molar-refractivity contribution is 0.367. The maximum absolute atomic E-state index is 5.35. The van der Waals surface area contributed by atoms with Gasteiger partial charge < -0.3 is 9.73 Å². The molecule has 0 bridgehead atoms. The normalized spacial score (nSPS) is 13.2. The molecule has 0 aromatic carbocycles. The summed E-state index contributed by atoms with van der Waals surface area (Å²) in [7, 11) is 0. The van der Waals surface area contributed by atoms with Crippen LogP contribution in [0.15, 0.2) is 21.4 Å². The van der Waals surface area contributed by atoms with Gasteiger partial charge in [0.05, 0.1) is 6.26 Å². The van der Waals surface area contributed by atoms with Crippen molar-refractivity contribution in [2.45, 2.75) is 52.5 Å². The Morgan fingerprint density at radius 2 is 2.00 bits per heavy atom. The summed E-state index contributed by atoms with van der Waals surface area (Å²) in [5, 5.41) is 3.62. The topological polar surface area (TPSA) is 25.2 Å². The summed E-state index contributed by atoms with van der Waals surface area (Å²) in [5.41, 5.74) is 1.25. The number of halogens is 1. The van der Waals surface area contributed by atoms with E-state index < -0.39 is 0 Å². The van der Waals surface area contributed by atoms with Gasteiger partial charge >= 0.3 is 0 Å². The second kappa shape index (κ2) is 7.93. The molecule has 1 aromatic rings. The number of furan rings is 1. The zero-order valence-corrected chi connectivity index (χ0v) is 12.7. The molecule has 1 aromatic heterocycles. The van der Waals surface area contributed by atoms with Crippen molar-refractivity contribution in [3.05, 3.63) is 22.6 Å². The second-order valence-corrected chi connectivity index (χ2v) is 5.29. The van der Waals surface area contributed by atoms with Gasteiger partial charge in [-0.15, -0.1) is 0 Å². The fourth-order valence-corrected chi connectivity index (χ4v) is 2.66. The Morgan fingerprint density at radius 3 is 2.47 bits per heavy atom. The van der Waals surface area contributed by atoms with Crippen molar-refractivity contribution in [3.63, 3.8) is 0 Å². The predicted molar refractivity (Wildman–Crippen MR) is 76.1 cm³/mol. The van der Waals surface area contributed by atoms with Gasteiger partial charge in [-0.1, -0.05) is 33.6 Å². The third kappa shape index (κ3) is 4.47. The summed E-state index contributed by atoms with van der Waals surface area (Å²) in [6, 6.07) is 2.48. The average molecular weight is 302 g/mol. The molecule has 0 saturated heterocycles. The summed E-state index contributed by atoms with van der Waals surface area (Å²) >= 11 is 3.49. The lowest BCUT2D eigenvalue weighted by Gasteiger charge is -2.22. The lowest BCUT2D eigenvalue weighted by atomic mass is 9.92. The fraction of sp³-hybridized carbons (Fsp3) is 0.714. The first-order chi connectivity index (χ1) is 8.22. The second-order valence-electron chi connectivity index (χ2n) is 4.57. The maximum atomic E-state index is 5.35. The van der Waals surface area contributed by atoms with E-state index in [9.17, 15) is 0 Å². The maximum Gasteiger partial charge on any atom is 0.173 e. The van der Waals surface area contributed by atoms with E-state index in [4.69, 9.17) is 4.42 Å². The first-order valence-electron chi connectivity index (χ1n) is 6.69. The van der Waals surface area contributed by atoms with Crippen molar-refractivity contribution in [3.8, 4) is 0 Å². The SMILES string of the molecule is CCCNC(CC(CC)CC)c1ccoc1Br. The molecule has 17 heavy (non-hydrogen) atoms. The van der Waals surface area contributed by atoms with E-state index in [1.54, 1.807) is 6.26 Å². The highest BCUT2D eigenvalue weighted by Gasteiger charge is 2.19. The van der Waals surface area contributed by atoms with Gasteiger partial charge in [0.15, 0.2) is 4.67 Å². The van der Waals surface area contributed by atoms with Crippen molar-refractivity contribution < 1.29 is 4.42 Å². The molecule has 98 valence electrons. The molecule has 0 fully saturated rings. The van der Waals surface area contributed by atoms with Gasteiger partial charge in [0.1, 0.15) is 0 Å². The van der Waals surface area contributed by atoms with Gasteiger partial charge in [-0.05, 0) is 47.3 Å². The zero-order valence-electron chi connectivity index (χ0n) is 11.1. The standard InChI is InChI=1S/C14H24BrNO/c1-4-8-16-13(10-11(5-2)6-3)12-7-9-17-14(12)15/h7,9,11,13,16H,4-6,8,10H2,1-3H3. The molecule has 1 unspecified atom stereocenters. The minimum absolute atomic E-state index is 0.410. The molecule has 1 heterocycles. The first kappa shape index (κ1) is 14.8. The molecule has 0 aliphatic heterocycles. The van der Waals surface area contributed by atoms with Crippen molar-refractivity contribution in [1.82, 2.24) is 5.32 Å². The Hall–Kier alpha value is -0.280. The number of hydrogen-bond acceptors (Lipinski definition) is 2. The van der Waals surface area contributed by atoms with Crippen LogP contribution < -0.4 is 5.32 Å². The molecule has 0 radical (unpaired) electrons. The van der Waals surface area contributed by atoms with Crippen molar-refractivity contribution in [1.29, 1.82) is 0 Å². The van der Waals surface area contributed by atoms with E-state index in [2.05, 4.69) is 48.1 Å². The van der Waals surface area contributed by atoms with Crippen molar-refractivity contribution in [2.24, 2.45) is 5.92 Å². The Kier molecular flexibility index (Phi) is 6.90. The Bertz CT molecular complexity index is 307. The van der Waals surface area contributed by atoms with E-state index in [-0.39, 0.29) is 0 Å². The van der Waals surface area contributed by atoms with E-state index in [1.165, 1.54) is 24.8 Å². The van der Waals surface area contributed by atoms with Gasteiger partial charge in [0, 0.05) is 11.6 Å². The van der Waals surface area contributed by atoms with Crippen LogP contribution in [0.4, 0.5) is 0 Å². The van der Waals surface area contributed by atoms with Crippen molar-refractivity contribution >= 4 is 15.9 Å². The lowest BCUT2D eigenvalue weighted by Crippen LogP contribution is -2.24. The molecular weight excluding hydrogens is 278 g/mol. The van der Waals surface area contributed by atoms with Crippen molar-refractivity contribution in [2.75, 3.05) is 6.54 Å². The molecule has 0 aliphatic rings. The summed E-state index contributed by atoms with van der Waals surface area (Å²) < 4.78 is 6.22. The predicted octanol–water partition coefficient (Wildman–Crippen LogP) is 4.91. The van der Waals surface area contributed by atoms with Crippen LogP contribution in [-0.2, 0) is 0 Å². The molecule has 2 nitrogen and oxygen atoms in total. The van der Waals surface area contributed by atoms with Crippen LogP contribution in [0, 0.1) is 5.92 Å². The summed E-state index contributed by atoms with van der Waals surface area (Å²) in [6.45, 7) is 7.80. The Labute approximate surface area is 113 Å².